The summed E-state index contributed by atoms with van der Waals surface area (Å²) in [5.74, 6) is 1.21. The molecule has 2 aromatic rings. The van der Waals surface area contributed by atoms with Gasteiger partial charge in [0.15, 0.2) is 11.5 Å². The molecule has 4 nitrogen and oxygen atoms in total. The molecule has 0 amide bonds. The van der Waals surface area contributed by atoms with Gasteiger partial charge in [-0.15, -0.1) is 0 Å². The lowest BCUT2D eigenvalue weighted by Gasteiger charge is -2.29. The van der Waals surface area contributed by atoms with Crippen LogP contribution in [-0.4, -0.2) is 38.0 Å². The van der Waals surface area contributed by atoms with Crippen LogP contribution in [0.1, 0.15) is 30.5 Å². The van der Waals surface area contributed by atoms with Crippen molar-refractivity contribution in [1.29, 1.82) is 0 Å². The highest BCUT2D eigenvalue weighted by Crippen LogP contribution is 2.33. The normalized spacial score (nSPS) is 14.3. The van der Waals surface area contributed by atoms with Gasteiger partial charge in [-0.2, -0.15) is 13.2 Å². The van der Waals surface area contributed by atoms with Crippen LogP contribution >= 0.6 is 0 Å². The summed E-state index contributed by atoms with van der Waals surface area (Å²) in [5.41, 5.74) is 0.437. The van der Waals surface area contributed by atoms with Crippen molar-refractivity contribution in [2.75, 3.05) is 27.4 Å². The molecular weight excluding hydrogens is 395 g/mol. The Morgan fingerprint density at radius 1 is 1.07 bits per heavy atom. The molecule has 1 unspecified atom stereocenters. The molecule has 0 aromatic heterocycles. The van der Waals surface area contributed by atoms with Crippen LogP contribution in [0.25, 0.3) is 6.08 Å². The second-order valence-corrected chi connectivity index (χ2v) is 7.51. The highest BCUT2D eigenvalue weighted by molar-refractivity contribution is 5.57. The maximum absolute atomic E-state index is 13.2. The fraction of sp³-hybridized carbons (Fsp3) is 0.391. The third-order valence-electron chi connectivity index (χ3n) is 4.85. The molecule has 0 heterocycles. The van der Waals surface area contributed by atoms with Gasteiger partial charge in [0.2, 0.25) is 0 Å². The molecule has 0 fully saturated rings. The third kappa shape index (κ3) is 6.24. The molecule has 0 aliphatic heterocycles. The Kier molecular flexibility index (Phi) is 7.92. The Bertz CT molecular complexity index is 880. The summed E-state index contributed by atoms with van der Waals surface area (Å²) in [6.07, 6.45) is -2.39. The minimum atomic E-state index is -4.41. The van der Waals surface area contributed by atoms with Crippen molar-refractivity contribution in [2.24, 2.45) is 0 Å². The van der Waals surface area contributed by atoms with E-state index in [2.05, 4.69) is 5.32 Å². The number of halogens is 3. The van der Waals surface area contributed by atoms with Crippen LogP contribution in [0, 0.1) is 0 Å². The van der Waals surface area contributed by atoms with Crippen LogP contribution in [0.15, 0.2) is 48.0 Å². The first-order chi connectivity index (χ1) is 14.1. The minimum absolute atomic E-state index is 0.120. The second kappa shape index (κ2) is 10.00. The highest BCUT2D eigenvalue weighted by Gasteiger charge is 2.32. The maximum atomic E-state index is 13.2. The largest absolute Gasteiger partial charge is 0.493 e. The summed E-state index contributed by atoms with van der Waals surface area (Å²) in [4.78, 5) is 0. The lowest BCUT2D eigenvalue weighted by atomic mass is 9.93. The monoisotopic (exact) mass is 423 g/mol. The van der Waals surface area contributed by atoms with Crippen LogP contribution in [0.2, 0.25) is 0 Å². The molecule has 2 aromatic carbocycles. The van der Waals surface area contributed by atoms with Crippen molar-refractivity contribution in [1.82, 2.24) is 5.32 Å². The second-order valence-electron chi connectivity index (χ2n) is 7.51. The quantitative estimate of drug-likeness (QED) is 0.613. The lowest BCUT2D eigenvalue weighted by molar-refractivity contribution is -0.137. The van der Waals surface area contributed by atoms with E-state index >= 15 is 0 Å². The van der Waals surface area contributed by atoms with Gasteiger partial charge in [-0.3, -0.25) is 0 Å². The Morgan fingerprint density at radius 3 is 2.33 bits per heavy atom. The van der Waals surface area contributed by atoms with E-state index < -0.39 is 17.3 Å². The molecule has 0 spiro atoms. The zero-order valence-electron chi connectivity index (χ0n) is 17.6. The first-order valence-electron chi connectivity index (χ1n) is 9.52. The number of aliphatic hydroxyl groups excluding tert-OH is 1. The first kappa shape index (κ1) is 23.8. The van der Waals surface area contributed by atoms with E-state index in [9.17, 15) is 18.3 Å². The molecule has 7 heteroatoms. The van der Waals surface area contributed by atoms with Crippen molar-refractivity contribution in [3.05, 3.63) is 64.7 Å². The molecule has 0 saturated carbocycles. The highest BCUT2D eigenvalue weighted by atomic mass is 19.4. The number of alkyl halides is 3. The third-order valence-corrected chi connectivity index (χ3v) is 4.85. The number of aliphatic hydroxyl groups is 1. The molecule has 164 valence electrons. The van der Waals surface area contributed by atoms with Gasteiger partial charge in [0, 0.05) is 12.1 Å². The summed E-state index contributed by atoms with van der Waals surface area (Å²) >= 11 is 0. The zero-order chi connectivity index (χ0) is 22.4. The van der Waals surface area contributed by atoms with Gasteiger partial charge in [0.1, 0.15) is 0 Å². The number of hydrogen-bond donors (Lipinski definition) is 2. The summed E-state index contributed by atoms with van der Waals surface area (Å²) in [6, 6.07) is 11.0. The molecule has 30 heavy (non-hydrogen) atoms. The first-order valence-corrected chi connectivity index (χ1v) is 9.52. The van der Waals surface area contributed by atoms with Gasteiger partial charge in [-0.25, -0.2) is 0 Å². The van der Waals surface area contributed by atoms with E-state index in [1.165, 1.54) is 18.2 Å². The van der Waals surface area contributed by atoms with E-state index in [0.29, 0.717) is 24.5 Å². The number of nitrogens with one attached hydrogen (secondary N) is 1. The van der Waals surface area contributed by atoms with Gasteiger partial charge in [-0.05, 0) is 49.6 Å². The number of hydrogen-bond acceptors (Lipinski definition) is 4. The van der Waals surface area contributed by atoms with Gasteiger partial charge < -0.3 is 19.9 Å². The molecule has 0 aliphatic rings. The topological polar surface area (TPSA) is 50.7 Å². The van der Waals surface area contributed by atoms with Crippen LogP contribution in [0.5, 0.6) is 11.5 Å². The van der Waals surface area contributed by atoms with Crippen LogP contribution < -0.4 is 14.8 Å². The Morgan fingerprint density at radius 2 is 1.73 bits per heavy atom. The fourth-order valence-electron chi connectivity index (χ4n) is 3.17. The van der Waals surface area contributed by atoms with Gasteiger partial charge >= 0.3 is 6.18 Å². The predicted octanol–water partition coefficient (Wildman–Crippen LogP) is 4.71. The maximum Gasteiger partial charge on any atom is 0.416 e. The Labute approximate surface area is 175 Å². The fourth-order valence-corrected chi connectivity index (χ4v) is 3.17. The van der Waals surface area contributed by atoms with E-state index in [-0.39, 0.29) is 12.2 Å². The molecule has 0 saturated heterocycles. The SMILES string of the molecule is COc1ccc(CC(C)(CO)NC/C(C)=C/c2ccccc2C(F)(F)F)cc1OC. The summed E-state index contributed by atoms with van der Waals surface area (Å²) < 4.78 is 50.1. The summed E-state index contributed by atoms with van der Waals surface area (Å²) in [5, 5.41) is 13.2. The molecule has 1 atom stereocenters. The van der Waals surface area contributed by atoms with Crippen molar-refractivity contribution in [2.45, 2.75) is 32.0 Å². The lowest BCUT2D eigenvalue weighted by Crippen LogP contribution is -2.48. The van der Waals surface area contributed by atoms with Crippen LogP contribution in [0.4, 0.5) is 13.2 Å². The summed E-state index contributed by atoms with van der Waals surface area (Å²) in [6.45, 7) is 3.80. The number of ether oxygens (including phenoxy) is 2. The number of rotatable bonds is 9. The number of benzene rings is 2. The molecule has 0 aliphatic carbocycles. The molecule has 2 N–H and O–H groups in total. The molecule has 0 bridgehead atoms. The van der Waals surface area contributed by atoms with E-state index in [1.807, 2.05) is 19.1 Å². The standard InChI is InChI=1S/C23H28F3NO3/c1-16(11-18-7-5-6-8-19(18)23(24,25)26)14-27-22(2,15-28)13-17-9-10-20(29-3)21(12-17)30-4/h5-12,27-28H,13-15H2,1-4H3/b16-11+. The average molecular weight is 423 g/mol. The van der Waals surface area contributed by atoms with Gasteiger partial charge in [0.25, 0.3) is 0 Å². The predicted molar refractivity (Wildman–Crippen MR) is 112 cm³/mol. The van der Waals surface area contributed by atoms with Crippen LogP contribution in [0.3, 0.4) is 0 Å². The zero-order valence-corrected chi connectivity index (χ0v) is 17.6. The smallest absolute Gasteiger partial charge is 0.416 e. The molecule has 0 radical (unpaired) electrons. The Hall–Kier alpha value is -2.51. The van der Waals surface area contributed by atoms with Crippen molar-refractivity contribution in [3.63, 3.8) is 0 Å². The number of methoxy groups -OCH3 is 2. The minimum Gasteiger partial charge on any atom is -0.493 e. The van der Waals surface area contributed by atoms with E-state index in [1.54, 1.807) is 33.3 Å². The van der Waals surface area contributed by atoms with Crippen molar-refractivity contribution >= 4 is 6.08 Å². The summed E-state index contributed by atoms with van der Waals surface area (Å²) in [7, 11) is 3.11. The van der Waals surface area contributed by atoms with Crippen molar-refractivity contribution < 1.29 is 27.8 Å². The molecular formula is C23H28F3NO3. The molecule has 2 rings (SSSR count). The average Bonchev–Trinajstić information content (AvgIpc) is 2.72. The van der Waals surface area contributed by atoms with Gasteiger partial charge in [0.05, 0.1) is 26.4 Å². The van der Waals surface area contributed by atoms with Crippen LogP contribution in [-0.2, 0) is 12.6 Å². The Balaban J connectivity index is 2.13. The van der Waals surface area contributed by atoms with Crippen molar-refractivity contribution in [3.8, 4) is 11.5 Å². The van der Waals surface area contributed by atoms with E-state index in [4.69, 9.17) is 9.47 Å². The van der Waals surface area contributed by atoms with Gasteiger partial charge in [-0.1, -0.05) is 35.9 Å². The van der Waals surface area contributed by atoms with E-state index in [0.717, 1.165) is 17.2 Å².